The van der Waals surface area contributed by atoms with E-state index >= 15 is 0 Å². The summed E-state index contributed by atoms with van der Waals surface area (Å²) in [5.41, 5.74) is 2.97. The zero-order valence-electron chi connectivity index (χ0n) is 19.6. The van der Waals surface area contributed by atoms with Crippen LogP contribution in [0.25, 0.3) is 6.08 Å². The van der Waals surface area contributed by atoms with Gasteiger partial charge in [-0.15, -0.1) is 0 Å². The van der Waals surface area contributed by atoms with E-state index in [1.807, 2.05) is 45.1 Å². The van der Waals surface area contributed by atoms with Crippen LogP contribution in [0.5, 0.6) is 11.5 Å². The number of carbonyl (C=O) groups is 1. The number of rotatable bonds is 10. The lowest BCUT2D eigenvalue weighted by molar-refractivity contribution is -0.118. The number of anilines is 1. The van der Waals surface area contributed by atoms with E-state index < -0.39 is 15.9 Å². The Morgan fingerprint density at radius 3 is 2.38 bits per heavy atom. The fourth-order valence-electron chi connectivity index (χ4n) is 3.25. The van der Waals surface area contributed by atoms with Crippen molar-refractivity contribution in [2.75, 3.05) is 32.1 Å². The molecule has 0 radical (unpaired) electrons. The van der Waals surface area contributed by atoms with Crippen LogP contribution in [-0.4, -0.2) is 45.4 Å². The van der Waals surface area contributed by atoms with Crippen LogP contribution in [0.1, 0.15) is 37.5 Å². The highest BCUT2D eigenvalue weighted by Crippen LogP contribution is 2.29. The van der Waals surface area contributed by atoms with Crippen LogP contribution < -0.4 is 14.8 Å². The van der Waals surface area contributed by atoms with E-state index in [0.29, 0.717) is 30.3 Å². The molecule has 1 N–H and O–H groups in total. The molecule has 32 heavy (non-hydrogen) atoms. The minimum absolute atomic E-state index is 0.154. The Kier molecular flexibility index (Phi) is 8.86. The van der Waals surface area contributed by atoms with E-state index in [9.17, 15) is 13.2 Å². The summed E-state index contributed by atoms with van der Waals surface area (Å²) in [6.45, 7) is 9.66. The van der Waals surface area contributed by atoms with Gasteiger partial charge in [-0.25, -0.2) is 8.42 Å². The number of ether oxygens (including phenoxy) is 2. The first-order chi connectivity index (χ1) is 15.2. The Labute approximate surface area is 191 Å². The fraction of sp³-hybridized carbons (Fsp3) is 0.375. The predicted molar refractivity (Wildman–Crippen MR) is 128 cm³/mol. The normalized spacial score (nSPS) is 11.7. The van der Waals surface area contributed by atoms with E-state index in [4.69, 9.17) is 9.47 Å². The smallest absolute Gasteiger partial charge is 0.262 e. The van der Waals surface area contributed by atoms with Gasteiger partial charge in [-0.05, 0) is 61.7 Å². The lowest BCUT2D eigenvalue weighted by Gasteiger charge is -2.20. The van der Waals surface area contributed by atoms with Crippen LogP contribution in [0, 0.1) is 13.8 Å². The van der Waals surface area contributed by atoms with Crippen molar-refractivity contribution in [2.24, 2.45) is 0 Å². The van der Waals surface area contributed by atoms with Crippen molar-refractivity contribution in [3.05, 3.63) is 53.1 Å². The minimum atomic E-state index is -3.64. The maximum absolute atomic E-state index is 12.9. The molecule has 174 valence electrons. The molecule has 0 saturated carbocycles. The van der Waals surface area contributed by atoms with Gasteiger partial charge in [0.05, 0.1) is 12.0 Å². The monoisotopic (exact) mass is 460 g/mol. The fourth-order valence-corrected chi connectivity index (χ4v) is 4.82. The Morgan fingerprint density at radius 2 is 1.78 bits per heavy atom. The molecule has 0 bridgehead atoms. The first-order valence-electron chi connectivity index (χ1n) is 10.5. The van der Waals surface area contributed by atoms with Gasteiger partial charge in [0.25, 0.3) is 5.91 Å². The van der Waals surface area contributed by atoms with Gasteiger partial charge in [0, 0.05) is 18.8 Å². The third-order valence-electron chi connectivity index (χ3n) is 5.16. The number of allylic oxidation sites excluding steroid dienone is 1. The van der Waals surface area contributed by atoms with Crippen molar-refractivity contribution in [1.29, 1.82) is 0 Å². The van der Waals surface area contributed by atoms with Gasteiger partial charge in [-0.2, -0.15) is 4.31 Å². The number of carbonyl (C=O) groups excluding carboxylic acids is 1. The lowest BCUT2D eigenvalue weighted by Crippen LogP contribution is -2.31. The molecule has 1 amide bonds. The van der Waals surface area contributed by atoms with Crippen molar-refractivity contribution < 1.29 is 22.7 Å². The molecular formula is C24H32N2O5S. The van der Waals surface area contributed by atoms with Gasteiger partial charge in [-0.1, -0.05) is 32.1 Å². The van der Waals surface area contributed by atoms with Crippen LogP contribution in [0.4, 0.5) is 5.69 Å². The number of benzene rings is 2. The first kappa shape index (κ1) is 25.4. The quantitative estimate of drug-likeness (QED) is 0.568. The molecule has 2 aromatic rings. The maximum Gasteiger partial charge on any atom is 0.262 e. The van der Waals surface area contributed by atoms with Crippen molar-refractivity contribution in [3.63, 3.8) is 0 Å². The first-order valence-corrected chi connectivity index (χ1v) is 12.0. The number of sulfonamides is 1. The molecular weight excluding hydrogens is 428 g/mol. The van der Waals surface area contributed by atoms with Crippen LogP contribution >= 0.6 is 0 Å². The molecule has 0 saturated heterocycles. The topological polar surface area (TPSA) is 84.9 Å². The van der Waals surface area contributed by atoms with Gasteiger partial charge in [-0.3, -0.25) is 4.79 Å². The van der Waals surface area contributed by atoms with Crippen LogP contribution in [0.2, 0.25) is 0 Å². The number of methoxy groups -OCH3 is 1. The van der Waals surface area contributed by atoms with E-state index in [1.165, 1.54) is 17.5 Å². The highest BCUT2D eigenvalue weighted by Gasteiger charge is 2.23. The summed E-state index contributed by atoms with van der Waals surface area (Å²) in [7, 11) is -2.11. The molecule has 0 aliphatic heterocycles. The number of nitrogens with one attached hydrogen (secondary N) is 1. The molecule has 2 rings (SSSR count). The SMILES string of the molecule is C/C=C/c1ccc(OCC(=O)Nc2cc(S(=O)(=O)N(CC)CC)cc(C)c2C)c(OC)c1. The highest BCUT2D eigenvalue weighted by molar-refractivity contribution is 7.89. The average Bonchev–Trinajstić information content (AvgIpc) is 2.76. The van der Waals surface area contributed by atoms with Crippen LogP contribution in [0.3, 0.4) is 0 Å². The molecule has 8 heteroatoms. The summed E-state index contributed by atoms with van der Waals surface area (Å²) < 4.78 is 38.2. The summed E-state index contributed by atoms with van der Waals surface area (Å²) in [5.74, 6) is 0.568. The Morgan fingerprint density at radius 1 is 1.09 bits per heavy atom. The third-order valence-corrected chi connectivity index (χ3v) is 7.19. The Bertz CT molecular complexity index is 1090. The van der Waals surface area contributed by atoms with Crippen molar-refractivity contribution in [2.45, 2.75) is 39.5 Å². The zero-order chi connectivity index (χ0) is 23.9. The van der Waals surface area contributed by atoms with Crippen molar-refractivity contribution in [3.8, 4) is 11.5 Å². The summed E-state index contributed by atoms with van der Waals surface area (Å²) in [5, 5.41) is 2.78. The maximum atomic E-state index is 12.9. The lowest BCUT2D eigenvalue weighted by atomic mass is 10.1. The molecule has 0 heterocycles. The standard InChI is InChI=1S/C24H32N2O5S/c1-7-10-19-11-12-22(23(14-19)30-6)31-16-24(27)25-21-15-20(13-17(4)18(21)5)32(28,29)26(8-2)9-3/h7,10-15H,8-9,16H2,1-6H3,(H,25,27)/b10-7+. The number of nitrogens with zero attached hydrogens (tertiary/aromatic N) is 1. The van der Waals surface area contributed by atoms with Gasteiger partial charge < -0.3 is 14.8 Å². The molecule has 0 aromatic heterocycles. The number of amides is 1. The van der Waals surface area contributed by atoms with Gasteiger partial charge in [0.1, 0.15) is 0 Å². The molecule has 2 aromatic carbocycles. The minimum Gasteiger partial charge on any atom is -0.493 e. The zero-order valence-corrected chi connectivity index (χ0v) is 20.4. The van der Waals surface area contributed by atoms with Crippen molar-refractivity contribution in [1.82, 2.24) is 4.31 Å². The molecule has 0 aliphatic carbocycles. The van der Waals surface area contributed by atoms with E-state index in [-0.39, 0.29) is 11.5 Å². The second-order valence-corrected chi connectivity index (χ2v) is 9.19. The van der Waals surface area contributed by atoms with Gasteiger partial charge >= 0.3 is 0 Å². The second kappa shape index (κ2) is 11.2. The molecule has 0 fully saturated rings. The summed E-state index contributed by atoms with van der Waals surface area (Å²) in [6, 6.07) is 8.56. The van der Waals surface area contributed by atoms with E-state index in [1.54, 1.807) is 26.0 Å². The number of hydrogen-bond donors (Lipinski definition) is 1. The molecule has 0 aliphatic rings. The third kappa shape index (κ3) is 5.89. The predicted octanol–water partition coefficient (Wildman–Crippen LogP) is 4.39. The summed E-state index contributed by atoms with van der Waals surface area (Å²) >= 11 is 0. The molecule has 7 nitrogen and oxygen atoms in total. The molecule has 0 spiro atoms. The van der Waals surface area contributed by atoms with Crippen molar-refractivity contribution >= 4 is 27.7 Å². The van der Waals surface area contributed by atoms with E-state index in [0.717, 1.165) is 16.7 Å². The Balaban J connectivity index is 2.21. The van der Waals surface area contributed by atoms with Gasteiger partial charge in [0.2, 0.25) is 10.0 Å². The van der Waals surface area contributed by atoms with Crippen LogP contribution in [0.15, 0.2) is 41.3 Å². The summed E-state index contributed by atoms with van der Waals surface area (Å²) in [4.78, 5) is 12.7. The number of hydrogen-bond acceptors (Lipinski definition) is 5. The largest absolute Gasteiger partial charge is 0.493 e. The van der Waals surface area contributed by atoms with Crippen LogP contribution in [-0.2, 0) is 14.8 Å². The second-order valence-electron chi connectivity index (χ2n) is 7.25. The average molecular weight is 461 g/mol. The molecule has 0 unspecified atom stereocenters. The Hall–Kier alpha value is -2.84. The van der Waals surface area contributed by atoms with Gasteiger partial charge in [0.15, 0.2) is 18.1 Å². The molecule has 0 atom stereocenters. The summed E-state index contributed by atoms with van der Waals surface area (Å²) in [6.07, 6.45) is 3.85. The number of aryl methyl sites for hydroxylation is 1. The highest BCUT2D eigenvalue weighted by atomic mass is 32.2. The van der Waals surface area contributed by atoms with E-state index in [2.05, 4.69) is 5.32 Å².